The second-order valence-corrected chi connectivity index (χ2v) is 8.58. The van der Waals surface area contributed by atoms with Gasteiger partial charge in [0.15, 0.2) is 11.0 Å². The van der Waals surface area contributed by atoms with Crippen molar-refractivity contribution in [2.75, 3.05) is 4.31 Å². The van der Waals surface area contributed by atoms with Gasteiger partial charge in [0, 0.05) is 18.0 Å². The van der Waals surface area contributed by atoms with E-state index in [1.165, 1.54) is 15.6 Å². The first-order valence-corrected chi connectivity index (χ1v) is 10.1. The van der Waals surface area contributed by atoms with Crippen molar-refractivity contribution in [2.45, 2.75) is 31.7 Å². The van der Waals surface area contributed by atoms with Gasteiger partial charge in [0.2, 0.25) is 5.89 Å². The normalized spacial score (nSPS) is 11.8. The lowest BCUT2D eigenvalue weighted by Gasteiger charge is -2.19. The number of nitrogens with zero attached hydrogens (tertiary/aromatic N) is 4. The Morgan fingerprint density at radius 1 is 1.24 bits per heavy atom. The Kier molecular flexibility index (Phi) is 5.14. The largest absolute Gasteiger partial charge is 0.337 e. The minimum atomic E-state index is -3.78. The van der Waals surface area contributed by atoms with Gasteiger partial charge in [0.1, 0.15) is 6.54 Å². The highest BCUT2D eigenvalue weighted by Crippen LogP contribution is 2.27. The van der Waals surface area contributed by atoms with Gasteiger partial charge in [-0.3, -0.25) is 0 Å². The summed E-state index contributed by atoms with van der Waals surface area (Å²) in [5, 5.41) is 6.00. The van der Waals surface area contributed by atoms with Crippen LogP contribution in [0.15, 0.2) is 51.3 Å². The molecule has 0 unspecified atom stereocenters. The third-order valence-corrected chi connectivity index (χ3v) is 6.00. The van der Waals surface area contributed by atoms with E-state index in [1.807, 2.05) is 0 Å². The predicted octanol–water partition coefficient (Wildman–Crippen LogP) is 3.12. The lowest BCUT2D eigenvalue weighted by molar-refractivity contribution is 0.372. The number of benzene rings is 1. The van der Waals surface area contributed by atoms with Crippen LogP contribution in [0, 0.1) is 5.92 Å². The van der Waals surface area contributed by atoms with E-state index in [-0.39, 0.29) is 17.3 Å². The van der Waals surface area contributed by atoms with Crippen molar-refractivity contribution in [1.29, 1.82) is 0 Å². The molecule has 3 aromatic rings. The molecule has 0 aliphatic heterocycles. The molecule has 0 saturated heterocycles. The van der Waals surface area contributed by atoms with Crippen LogP contribution in [-0.4, -0.2) is 23.5 Å². The molecule has 0 aliphatic rings. The maximum Gasteiger partial charge on any atom is 0.266 e. The minimum absolute atomic E-state index is 0.0597. The number of hydrogen-bond acceptors (Lipinski definition) is 7. The average molecular weight is 378 g/mol. The molecule has 9 heteroatoms. The summed E-state index contributed by atoms with van der Waals surface area (Å²) in [5.74, 6) is 1.19. The van der Waals surface area contributed by atoms with E-state index in [0.717, 1.165) is 0 Å². The van der Waals surface area contributed by atoms with Crippen LogP contribution in [0.4, 0.5) is 5.13 Å². The summed E-state index contributed by atoms with van der Waals surface area (Å²) in [6, 6.07) is 8.23. The van der Waals surface area contributed by atoms with Crippen LogP contribution in [0.3, 0.4) is 0 Å². The van der Waals surface area contributed by atoms with Crippen molar-refractivity contribution in [3.8, 4) is 0 Å². The van der Waals surface area contributed by atoms with Gasteiger partial charge >= 0.3 is 0 Å². The van der Waals surface area contributed by atoms with Crippen molar-refractivity contribution in [2.24, 2.45) is 5.92 Å². The highest BCUT2D eigenvalue weighted by molar-refractivity contribution is 7.93. The third-order valence-electron chi connectivity index (χ3n) is 3.34. The molecule has 0 aliphatic carbocycles. The number of rotatable bonds is 7. The molecule has 2 aromatic heterocycles. The number of aromatic nitrogens is 3. The van der Waals surface area contributed by atoms with Crippen LogP contribution in [0.1, 0.15) is 25.6 Å². The molecular formula is C16H18N4O3S2. The fourth-order valence-electron chi connectivity index (χ4n) is 2.24. The first kappa shape index (κ1) is 17.6. The van der Waals surface area contributed by atoms with E-state index in [4.69, 9.17) is 4.52 Å². The molecule has 3 rings (SSSR count). The summed E-state index contributed by atoms with van der Waals surface area (Å²) >= 11 is 1.24. The summed E-state index contributed by atoms with van der Waals surface area (Å²) < 4.78 is 32.5. The zero-order valence-electron chi connectivity index (χ0n) is 13.9. The van der Waals surface area contributed by atoms with Crippen LogP contribution in [0.25, 0.3) is 0 Å². The Balaban J connectivity index is 1.93. The Labute approximate surface area is 150 Å². The zero-order valence-corrected chi connectivity index (χ0v) is 15.5. The van der Waals surface area contributed by atoms with Crippen LogP contribution >= 0.6 is 11.3 Å². The summed E-state index contributed by atoms with van der Waals surface area (Å²) in [6.07, 6.45) is 2.23. The molecule has 7 nitrogen and oxygen atoms in total. The predicted molar refractivity (Wildman–Crippen MR) is 94.8 cm³/mol. The van der Waals surface area contributed by atoms with Gasteiger partial charge in [-0.2, -0.15) is 4.98 Å². The van der Waals surface area contributed by atoms with E-state index >= 15 is 0 Å². The van der Waals surface area contributed by atoms with Crippen molar-refractivity contribution in [3.63, 3.8) is 0 Å². The molecular weight excluding hydrogens is 360 g/mol. The second-order valence-electron chi connectivity index (χ2n) is 5.84. The van der Waals surface area contributed by atoms with Crippen LogP contribution in [-0.2, 0) is 23.0 Å². The Hall–Kier alpha value is -2.26. The first-order valence-electron chi connectivity index (χ1n) is 7.75. The van der Waals surface area contributed by atoms with Crippen molar-refractivity contribution in [3.05, 3.63) is 53.6 Å². The maximum absolute atomic E-state index is 13.0. The van der Waals surface area contributed by atoms with Crippen molar-refractivity contribution in [1.82, 2.24) is 15.1 Å². The second kappa shape index (κ2) is 7.32. The Bertz CT molecular complexity index is 906. The fraction of sp³-hybridized carbons (Fsp3) is 0.312. The molecule has 0 spiro atoms. The van der Waals surface area contributed by atoms with Gasteiger partial charge < -0.3 is 4.52 Å². The highest BCUT2D eigenvalue weighted by Gasteiger charge is 2.28. The van der Waals surface area contributed by atoms with Gasteiger partial charge in [-0.15, -0.1) is 11.3 Å². The Morgan fingerprint density at radius 2 is 2.00 bits per heavy atom. The lowest BCUT2D eigenvalue weighted by Crippen LogP contribution is -2.30. The minimum Gasteiger partial charge on any atom is -0.337 e. The number of sulfonamides is 1. The topological polar surface area (TPSA) is 89.2 Å². The van der Waals surface area contributed by atoms with Crippen LogP contribution in [0.2, 0.25) is 0 Å². The van der Waals surface area contributed by atoms with Gasteiger partial charge in [-0.05, 0) is 18.1 Å². The summed E-state index contributed by atoms with van der Waals surface area (Å²) in [5.41, 5.74) is 0. The zero-order chi connectivity index (χ0) is 17.9. The smallest absolute Gasteiger partial charge is 0.266 e. The summed E-state index contributed by atoms with van der Waals surface area (Å²) in [6.45, 7) is 4.05. The molecule has 25 heavy (non-hydrogen) atoms. The lowest BCUT2D eigenvalue weighted by atomic mass is 10.1. The summed E-state index contributed by atoms with van der Waals surface area (Å²) in [7, 11) is -3.78. The van der Waals surface area contributed by atoms with Crippen LogP contribution < -0.4 is 4.31 Å². The quantitative estimate of drug-likeness (QED) is 0.627. The maximum atomic E-state index is 13.0. The van der Waals surface area contributed by atoms with Gasteiger partial charge in [-0.25, -0.2) is 17.7 Å². The van der Waals surface area contributed by atoms with Gasteiger partial charge in [0.25, 0.3) is 10.0 Å². The van der Waals surface area contributed by atoms with Gasteiger partial charge in [-0.1, -0.05) is 37.2 Å². The first-order chi connectivity index (χ1) is 12.0. The molecule has 0 N–H and O–H groups in total. The molecule has 2 heterocycles. The summed E-state index contributed by atoms with van der Waals surface area (Å²) in [4.78, 5) is 8.62. The molecule has 0 radical (unpaired) electrons. The average Bonchev–Trinajstić information content (AvgIpc) is 3.24. The van der Waals surface area contributed by atoms with Crippen molar-refractivity contribution >= 4 is 26.5 Å². The highest BCUT2D eigenvalue weighted by atomic mass is 32.2. The molecule has 0 atom stereocenters. The molecule has 132 valence electrons. The standard InChI is InChI=1S/C16H18N4O3S2/c1-12(2)10-14-18-15(23-19-14)11-20(16-17-8-9-24-16)25(21,22)13-6-4-3-5-7-13/h3-9,12H,10-11H2,1-2H3. The van der Waals surface area contributed by atoms with Crippen molar-refractivity contribution < 1.29 is 12.9 Å². The Morgan fingerprint density at radius 3 is 2.64 bits per heavy atom. The number of anilines is 1. The SMILES string of the molecule is CC(C)Cc1noc(CN(c2nccs2)S(=O)(=O)c2ccccc2)n1. The molecule has 0 amide bonds. The van der Waals surface area contributed by atoms with Crippen LogP contribution in [0.5, 0.6) is 0 Å². The molecule has 0 bridgehead atoms. The fourth-order valence-corrected chi connectivity index (χ4v) is 4.50. The molecule has 0 fully saturated rings. The van der Waals surface area contributed by atoms with E-state index in [1.54, 1.807) is 41.9 Å². The molecule has 1 aromatic carbocycles. The third kappa shape index (κ3) is 4.05. The monoisotopic (exact) mass is 378 g/mol. The number of hydrogen-bond donors (Lipinski definition) is 0. The van der Waals surface area contributed by atoms with Gasteiger partial charge in [0.05, 0.1) is 4.90 Å². The van der Waals surface area contributed by atoms with E-state index < -0.39 is 10.0 Å². The molecule has 0 saturated carbocycles. The van der Waals surface area contributed by atoms with E-state index in [2.05, 4.69) is 29.0 Å². The van der Waals surface area contributed by atoms with E-state index in [0.29, 0.717) is 23.3 Å². The van der Waals surface area contributed by atoms with E-state index in [9.17, 15) is 8.42 Å². The number of thiazole rings is 1.